The highest BCUT2D eigenvalue weighted by atomic mass is 32.1. The van der Waals surface area contributed by atoms with Gasteiger partial charge in [-0.15, -0.1) is 0 Å². The molecule has 0 bridgehead atoms. The number of amides is 1. The summed E-state index contributed by atoms with van der Waals surface area (Å²) in [7, 11) is 0. The Kier molecular flexibility index (Phi) is 4.75. The van der Waals surface area contributed by atoms with E-state index in [9.17, 15) is 4.79 Å². The smallest absolute Gasteiger partial charge is 0.279 e. The summed E-state index contributed by atoms with van der Waals surface area (Å²) in [6.07, 6.45) is 3.61. The quantitative estimate of drug-likeness (QED) is 0.400. The van der Waals surface area contributed by atoms with Crippen LogP contribution in [0.15, 0.2) is 60.9 Å². The molecule has 0 radical (unpaired) electrons. The maximum absolute atomic E-state index is 13.9. The molecule has 154 valence electrons. The van der Waals surface area contributed by atoms with Gasteiger partial charge in [0.2, 0.25) is 0 Å². The number of pyridine rings is 2. The molecule has 0 saturated carbocycles. The van der Waals surface area contributed by atoms with Crippen LogP contribution in [0.5, 0.6) is 0 Å². The normalized spacial score (nSPS) is 11.3. The Morgan fingerprint density at radius 1 is 1.03 bits per heavy atom. The van der Waals surface area contributed by atoms with Gasteiger partial charge in [-0.1, -0.05) is 29.5 Å². The van der Waals surface area contributed by atoms with E-state index in [0.29, 0.717) is 23.1 Å². The summed E-state index contributed by atoms with van der Waals surface area (Å²) in [5.41, 5.74) is 6.04. The van der Waals surface area contributed by atoms with E-state index in [1.165, 1.54) is 16.9 Å². The number of imidazole rings is 1. The Bertz CT molecular complexity index is 1420. The van der Waals surface area contributed by atoms with E-state index < -0.39 is 0 Å². The van der Waals surface area contributed by atoms with Gasteiger partial charge in [-0.3, -0.25) is 19.1 Å². The molecule has 31 heavy (non-hydrogen) atoms. The minimum Gasteiger partial charge on any atom is -0.295 e. The maximum atomic E-state index is 13.9. The molecule has 1 amide bonds. The molecule has 0 aliphatic carbocycles. The molecule has 1 aromatic carbocycles. The van der Waals surface area contributed by atoms with E-state index in [2.05, 4.69) is 35.9 Å². The van der Waals surface area contributed by atoms with Gasteiger partial charge in [0, 0.05) is 12.4 Å². The fraction of sp³-hybridized carbons (Fsp3) is 0.167. The van der Waals surface area contributed by atoms with Crippen LogP contribution in [-0.4, -0.2) is 25.3 Å². The largest absolute Gasteiger partial charge is 0.295 e. The number of rotatable bonds is 4. The Balaban J connectivity index is 1.66. The lowest BCUT2D eigenvalue weighted by molar-refractivity contribution is 0.0978. The number of aryl methyl sites for hydroxylation is 3. The van der Waals surface area contributed by atoms with Crippen LogP contribution in [0.1, 0.15) is 33.0 Å². The fourth-order valence-electron chi connectivity index (χ4n) is 3.71. The van der Waals surface area contributed by atoms with Gasteiger partial charge in [0.25, 0.3) is 5.91 Å². The standard InChI is InChI=1S/C24H21N5OS/c1-15-10-11-19-21(16(15)2)27-24(31-19)29(14-18-8-4-6-12-25-18)23(30)22-17(3)26-20-9-5-7-13-28(20)22/h4-13H,14H2,1-3H3. The molecule has 0 unspecified atom stereocenters. The molecule has 0 aliphatic rings. The summed E-state index contributed by atoms with van der Waals surface area (Å²) in [6.45, 7) is 6.34. The maximum Gasteiger partial charge on any atom is 0.279 e. The average Bonchev–Trinajstić information content (AvgIpc) is 3.35. The third-order valence-electron chi connectivity index (χ3n) is 5.50. The highest BCUT2D eigenvalue weighted by Gasteiger charge is 2.27. The molecular formula is C24H21N5OS. The van der Waals surface area contributed by atoms with Crippen LogP contribution >= 0.6 is 11.3 Å². The Morgan fingerprint density at radius 3 is 2.68 bits per heavy atom. The summed E-state index contributed by atoms with van der Waals surface area (Å²) in [4.78, 5) is 29.5. The van der Waals surface area contributed by atoms with Gasteiger partial charge < -0.3 is 0 Å². The monoisotopic (exact) mass is 427 g/mol. The number of fused-ring (bicyclic) bond motifs is 2. The van der Waals surface area contributed by atoms with Crippen LogP contribution in [0.2, 0.25) is 0 Å². The van der Waals surface area contributed by atoms with Crippen molar-refractivity contribution in [2.24, 2.45) is 0 Å². The van der Waals surface area contributed by atoms with Gasteiger partial charge in [-0.25, -0.2) is 9.97 Å². The van der Waals surface area contributed by atoms with Gasteiger partial charge in [0.05, 0.1) is 28.1 Å². The van der Waals surface area contributed by atoms with Crippen LogP contribution in [0.3, 0.4) is 0 Å². The zero-order chi connectivity index (χ0) is 21.5. The van der Waals surface area contributed by atoms with Gasteiger partial charge in [-0.2, -0.15) is 0 Å². The van der Waals surface area contributed by atoms with Crippen molar-refractivity contribution in [3.05, 3.63) is 89.1 Å². The minimum atomic E-state index is -0.143. The summed E-state index contributed by atoms with van der Waals surface area (Å²) in [6, 6.07) is 15.6. The topological polar surface area (TPSA) is 63.4 Å². The highest BCUT2D eigenvalue weighted by molar-refractivity contribution is 7.22. The molecule has 5 aromatic rings. The van der Waals surface area contributed by atoms with Crippen LogP contribution in [-0.2, 0) is 6.54 Å². The minimum absolute atomic E-state index is 0.143. The Hall–Kier alpha value is -3.58. The first kappa shape index (κ1) is 19.4. The van der Waals surface area contributed by atoms with Crippen molar-refractivity contribution in [1.29, 1.82) is 0 Å². The molecule has 4 aromatic heterocycles. The first-order valence-corrected chi connectivity index (χ1v) is 10.9. The predicted octanol–water partition coefficient (Wildman–Crippen LogP) is 5.11. The van der Waals surface area contributed by atoms with Crippen LogP contribution in [0, 0.1) is 20.8 Å². The van der Waals surface area contributed by atoms with Crippen LogP contribution in [0.4, 0.5) is 5.13 Å². The van der Waals surface area contributed by atoms with Gasteiger partial charge >= 0.3 is 0 Å². The molecule has 0 N–H and O–H groups in total. The molecule has 0 aliphatic heterocycles. The lowest BCUT2D eigenvalue weighted by Gasteiger charge is -2.19. The molecule has 5 rings (SSSR count). The fourth-order valence-corrected chi connectivity index (χ4v) is 4.73. The molecular weight excluding hydrogens is 406 g/mol. The molecule has 0 atom stereocenters. The Morgan fingerprint density at radius 2 is 1.87 bits per heavy atom. The van der Waals surface area contributed by atoms with Crippen molar-refractivity contribution < 1.29 is 4.79 Å². The predicted molar refractivity (Wildman–Crippen MR) is 124 cm³/mol. The van der Waals surface area contributed by atoms with Crippen molar-refractivity contribution in [3.63, 3.8) is 0 Å². The van der Waals surface area contributed by atoms with E-state index in [0.717, 1.165) is 27.1 Å². The third-order valence-corrected chi connectivity index (χ3v) is 6.55. The summed E-state index contributed by atoms with van der Waals surface area (Å²) in [5.74, 6) is -0.143. The van der Waals surface area contributed by atoms with Crippen molar-refractivity contribution in [2.75, 3.05) is 4.90 Å². The summed E-state index contributed by atoms with van der Waals surface area (Å²) in [5, 5.41) is 0.657. The first-order valence-electron chi connectivity index (χ1n) is 10.0. The molecule has 7 heteroatoms. The lowest BCUT2D eigenvalue weighted by Crippen LogP contribution is -2.32. The van der Waals surface area contributed by atoms with Crippen molar-refractivity contribution in [3.8, 4) is 0 Å². The SMILES string of the molecule is Cc1ccc2sc(N(Cc3ccccn3)C(=O)c3c(C)nc4ccccn34)nc2c1C. The van der Waals surface area contributed by atoms with Crippen molar-refractivity contribution in [1.82, 2.24) is 19.4 Å². The molecule has 0 spiro atoms. The summed E-state index contributed by atoms with van der Waals surface area (Å²) < 4.78 is 2.90. The van der Waals surface area contributed by atoms with E-state index in [-0.39, 0.29) is 5.91 Å². The number of aromatic nitrogens is 4. The van der Waals surface area contributed by atoms with Gasteiger partial charge in [0.15, 0.2) is 5.13 Å². The van der Waals surface area contributed by atoms with E-state index in [4.69, 9.17) is 4.98 Å². The molecule has 6 nitrogen and oxygen atoms in total. The first-order chi connectivity index (χ1) is 15.0. The van der Waals surface area contributed by atoms with Crippen LogP contribution < -0.4 is 4.90 Å². The molecule has 0 fully saturated rings. The second-order valence-electron chi connectivity index (χ2n) is 7.54. The Labute approximate surface area is 183 Å². The number of benzene rings is 1. The second-order valence-corrected chi connectivity index (χ2v) is 8.55. The van der Waals surface area contributed by atoms with Crippen molar-refractivity contribution >= 4 is 38.2 Å². The highest BCUT2D eigenvalue weighted by Crippen LogP contribution is 2.33. The third kappa shape index (κ3) is 3.37. The number of hydrogen-bond acceptors (Lipinski definition) is 5. The summed E-state index contributed by atoms with van der Waals surface area (Å²) >= 11 is 1.52. The number of carbonyl (C=O) groups excluding carboxylic acids is 1. The van der Waals surface area contributed by atoms with Gasteiger partial charge in [0.1, 0.15) is 11.3 Å². The zero-order valence-electron chi connectivity index (χ0n) is 17.5. The second kappa shape index (κ2) is 7.59. The van der Waals surface area contributed by atoms with E-state index >= 15 is 0 Å². The van der Waals surface area contributed by atoms with Crippen molar-refractivity contribution in [2.45, 2.75) is 27.3 Å². The number of nitrogens with zero attached hydrogens (tertiary/aromatic N) is 5. The van der Waals surface area contributed by atoms with E-state index in [1.54, 1.807) is 11.1 Å². The number of carbonyl (C=O) groups is 1. The molecule has 4 heterocycles. The average molecular weight is 428 g/mol. The molecule has 0 saturated heterocycles. The van der Waals surface area contributed by atoms with Crippen LogP contribution in [0.25, 0.3) is 15.9 Å². The van der Waals surface area contributed by atoms with Gasteiger partial charge in [-0.05, 0) is 62.2 Å². The number of hydrogen-bond donors (Lipinski definition) is 0. The van der Waals surface area contributed by atoms with E-state index in [1.807, 2.05) is 53.9 Å². The number of thiazole rings is 1. The number of anilines is 1. The lowest BCUT2D eigenvalue weighted by atomic mass is 10.1. The zero-order valence-corrected chi connectivity index (χ0v) is 18.3.